The van der Waals surface area contributed by atoms with Crippen molar-refractivity contribution >= 4 is 45.9 Å². The van der Waals surface area contributed by atoms with Gasteiger partial charge in [0, 0.05) is 31.3 Å². The molecule has 1 aromatic heterocycles. The van der Waals surface area contributed by atoms with E-state index in [1.54, 1.807) is 0 Å². The first kappa shape index (κ1) is 24.8. The Labute approximate surface area is 192 Å². The Hall–Kier alpha value is -1.20. The van der Waals surface area contributed by atoms with Crippen LogP contribution >= 0.6 is 39.9 Å². The summed E-state index contributed by atoms with van der Waals surface area (Å²) >= 11 is 3.50. The van der Waals surface area contributed by atoms with Crippen LogP contribution < -0.4 is 10.6 Å². The molecule has 2 rings (SSSR count). The Bertz CT molecular complexity index is 765. The first-order valence-electron chi connectivity index (χ1n) is 9.21. The van der Waals surface area contributed by atoms with E-state index in [0.717, 1.165) is 48.3 Å². The topological polar surface area (TPSA) is 76.4 Å². The van der Waals surface area contributed by atoms with Crippen molar-refractivity contribution in [2.45, 2.75) is 40.3 Å². The maximum Gasteiger partial charge on any atom is 0.191 e. The van der Waals surface area contributed by atoms with Crippen molar-refractivity contribution < 1.29 is 4.74 Å². The van der Waals surface area contributed by atoms with E-state index in [-0.39, 0.29) is 24.0 Å². The average Bonchev–Trinajstić information content (AvgIpc) is 2.96. The summed E-state index contributed by atoms with van der Waals surface area (Å²) in [5.41, 5.74) is 2.41. The van der Waals surface area contributed by atoms with E-state index in [1.807, 2.05) is 31.5 Å². The fourth-order valence-corrected chi connectivity index (χ4v) is 2.94. The minimum Gasteiger partial charge on any atom is -0.382 e. The van der Waals surface area contributed by atoms with Gasteiger partial charge in [-0.1, -0.05) is 22.0 Å². The predicted octanol–water partition coefficient (Wildman–Crippen LogP) is 3.47. The number of guanidine groups is 1. The van der Waals surface area contributed by atoms with Crippen LogP contribution in [0.1, 0.15) is 36.1 Å². The molecule has 0 fully saturated rings. The zero-order valence-corrected chi connectivity index (χ0v) is 20.9. The quantitative estimate of drug-likeness (QED) is 0.211. The van der Waals surface area contributed by atoms with Crippen molar-refractivity contribution in [2.24, 2.45) is 12.0 Å². The number of aliphatic imine (C=N–C) groups is 1. The van der Waals surface area contributed by atoms with Gasteiger partial charge in [0.1, 0.15) is 5.82 Å². The van der Waals surface area contributed by atoms with Crippen molar-refractivity contribution in [3.05, 3.63) is 45.4 Å². The van der Waals surface area contributed by atoms with Crippen molar-refractivity contribution in [1.29, 1.82) is 0 Å². The summed E-state index contributed by atoms with van der Waals surface area (Å²) in [6.45, 7) is 9.49. The molecule has 0 amide bonds. The normalized spacial score (nSPS) is 11.2. The van der Waals surface area contributed by atoms with Crippen LogP contribution in [0.25, 0.3) is 0 Å². The van der Waals surface area contributed by atoms with Crippen molar-refractivity contribution in [3.8, 4) is 0 Å². The lowest BCUT2D eigenvalue weighted by Crippen LogP contribution is -2.38. The number of halogens is 2. The Balaban J connectivity index is 0.00000392. The number of nitrogens with zero attached hydrogens (tertiary/aromatic N) is 4. The van der Waals surface area contributed by atoms with Crippen LogP contribution in [0.4, 0.5) is 0 Å². The molecule has 0 saturated carbocycles. The number of rotatable bonds is 9. The van der Waals surface area contributed by atoms with E-state index in [2.05, 4.69) is 55.8 Å². The maximum atomic E-state index is 5.39. The van der Waals surface area contributed by atoms with Crippen LogP contribution in [0.3, 0.4) is 0 Å². The highest BCUT2D eigenvalue weighted by molar-refractivity contribution is 14.0. The van der Waals surface area contributed by atoms with E-state index in [1.165, 1.54) is 11.1 Å². The van der Waals surface area contributed by atoms with Gasteiger partial charge in [-0.2, -0.15) is 0 Å². The molecule has 2 aromatic rings. The minimum atomic E-state index is 0. The summed E-state index contributed by atoms with van der Waals surface area (Å²) in [5.74, 6) is 2.52. The van der Waals surface area contributed by atoms with Crippen molar-refractivity contribution in [3.63, 3.8) is 0 Å². The van der Waals surface area contributed by atoms with E-state index >= 15 is 0 Å². The van der Waals surface area contributed by atoms with E-state index in [0.29, 0.717) is 13.1 Å². The monoisotopic (exact) mass is 564 g/mol. The molecule has 0 aliphatic carbocycles. The molecule has 156 valence electrons. The second-order valence-corrected chi connectivity index (χ2v) is 7.20. The van der Waals surface area contributed by atoms with Gasteiger partial charge in [-0.3, -0.25) is 0 Å². The number of nitrogens with one attached hydrogen (secondary N) is 2. The number of hydrogen-bond donors (Lipinski definition) is 2. The van der Waals surface area contributed by atoms with Gasteiger partial charge < -0.3 is 19.9 Å². The largest absolute Gasteiger partial charge is 0.382 e. The number of aryl methyl sites for hydroxylation is 2. The second-order valence-electron chi connectivity index (χ2n) is 6.29. The van der Waals surface area contributed by atoms with Crippen LogP contribution in [0.2, 0.25) is 0 Å². The van der Waals surface area contributed by atoms with Gasteiger partial charge in [-0.25, -0.2) is 4.99 Å². The van der Waals surface area contributed by atoms with E-state index < -0.39 is 0 Å². The number of ether oxygens (including phenoxy) is 1. The van der Waals surface area contributed by atoms with Gasteiger partial charge in [0.05, 0.1) is 13.1 Å². The first-order valence-corrected chi connectivity index (χ1v) is 10.0. The Morgan fingerprint density at radius 3 is 2.68 bits per heavy atom. The molecular formula is C19H30BrIN6O. The molecule has 0 unspecified atom stereocenters. The van der Waals surface area contributed by atoms with Crippen LogP contribution in [-0.4, -0.2) is 40.5 Å². The summed E-state index contributed by atoms with van der Waals surface area (Å²) in [7, 11) is 1.96. The lowest BCUT2D eigenvalue weighted by Gasteiger charge is -2.13. The van der Waals surface area contributed by atoms with E-state index in [9.17, 15) is 0 Å². The number of hydrogen-bond acceptors (Lipinski definition) is 4. The molecule has 1 heterocycles. The molecule has 0 aliphatic heterocycles. The lowest BCUT2D eigenvalue weighted by atomic mass is 10.1. The Morgan fingerprint density at radius 2 is 2.04 bits per heavy atom. The molecule has 9 heteroatoms. The van der Waals surface area contributed by atoms with Crippen LogP contribution in [0, 0.1) is 13.8 Å². The molecule has 0 saturated heterocycles. The minimum absolute atomic E-state index is 0. The Kier molecular flexibility index (Phi) is 11.6. The first-order chi connectivity index (χ1) is 13.0. The second kappa shape index (κ2) is 13.1. The van der Waals surface area contributed by atoms with Gasteiger partial charge in [0.15, 0.2) is 11.8 Å². The van der Waals surface area contributed by atoms with Gasteiger partial charge in [-0.05, 0) is 50.5 Å². The molecule has 2 N–H and O–H groups in total. The van der Waals surface area contributed by atoms with Gasteiger partial charge in [0.2, 0.25) is 0 Å². The summed E-state index contributed by atoms with van der Waals surface area (Å²) in [6, 6.07) is 6.25. The van der Waals surface area contributed by atoms with Crippen molar-refractivity contribution in [2.75, 3.05) is 19.8 Å². The maximum absolute atomic E-state index is 5.39. The number of aromatic nitrogens is 3. The summed E-state index contributed by atoms with van der Waals surface area (Å²) in [4.78, 5) is 4.73. The predicted molar refractivity (Wildman–Crippen MR) is 127 cm³/mol. The average molecular weight is 565 g/mol. The van der Waals surface area contributed by atoms with Crippen molar-refractivity contribution in [1.82, 2.24) is 25.4 Å². The summed E-state index contributed by atoms with van der Waals surface area (Å²) in [5, 5.41) is 15.0. The molecule has 28 heavy (non-hydrogen) atoms. The van der Waals surface area contributed by atoms with Crippen LogP contribution in [0.5, 0.6) is 0 Å². The summed E-state index contributed by atoms with van der Waals surface area (Å²) in [6.07, 6.45) is 0.926. The molecule has 7 nitrogen and oxygen atoms in total. The van der Waals surface area contributed by atoms with Gasteiger partial charge in [-0.15, -0.1) is 34.2 Å². The fraction of sp³-hybridized carbons (Fsp3) is 0.526. The van der Waals surface area contributed by atoms with E-state index in [4.69, 9.17) is 9.73 Å². The third-order valence-electron chi connectivity index (χ3n) is 4.27. The lowest BCUT2D eigenvalue weighted by molar-refractivity contribution is 0.145. The Morgan fingerprint density at radius 1 is 1.25 bits per heavy atom. The number of benzene rings is 1. The van der Waals surface area contributed by atoms with Gasteiger partial charge >= 0.3 is 0 Å². The highest BCUT2D eigenvalue weighted by Crippen LogP contribution is 2.16. The molecule has 0 atom stereocenters. The SMILES string of the molecule is CCOCCCNC(=NCc1ccc(Br)cc1C)NCc1nnc(C)n1C.I. The smallest absolute Gasteiger partial charge is 0.191 e. The zero-order valence-electron chi connectivity index (χ0n) is 17.0. The summed E-state index contributed by atoms with van der Waals surface area (Å²) < 4.78 is 8.45. The molecule has 0 aliphatic rings. The third kappa shape index (κ3) is 8.04. The van der Waals surface area contributed by atoms with Crippen LogP contribution in [0.15, 0.2) is 27.7 Å². The third-order valence-corrected chi connectivity index (χ3v) is 4.76. The zero-order chi connectivity index (χ0) is 19.6. The molecule has 0 spiro atoms. The molecule has 0 bridgehead atoms. The molecule has 0 radical (unpaired) electrons. The molecule has 1 aromatic carbocycles. The fourth-order valence-electron chi connectivity index (χ4n) is 2.47. The van der Waals surface area contributed by atoms with Crippen LogP contribution in [-0.2, 0) is 24.9 Å². The highest BCUT2D eigenvalue weighted by atomic mass is 127. The highest BCUT2D eigenvalue weighted by Gasteiger charge is 2.07. The standard InChI is InChI=1S/C19H29BrN6O.HI/c1-5-27-10-6-9-21-19(23-13-18-25-24-15(3)26(18)4)22-12-16-7-8-17(20)11-14(16)2;/h7-8,11H,5-6,9-10,12-13H2,1-4H3,(H2,21,22,23);1H. The van der Waals surface area contributed by atoms with Gasteiger partial charge in [0.25, 0.3) is 0 Å². The molecular weight excluding hydrogens is 535 g/mol.